The van der Waals surface area contributed by atoms with Gasteiger partial charge in [0, 0.05) is 0 Å². The molecule has 7 heteroatoms. The highest BCUT2D eigenvalue weighted by Crippen LogP contribution is 2.60. The van der Waals surface area contributed by atoms with Gasteiger partial charge in [0.1, 0.15) is 22.6 Å². The van der Waals surface area contributed by atoms with Crippen molar-refractivity contribution in [3.8, 4) is 11.5 Å². The summed E-state index contributed by atoms with van der Waals surface area (Å²) in [4.78, 5) is 12.6. The number of halogens is 4. The van der Waals surface area contributed by atoms with Gasteiger partial charge in [0.25, 0.3) is 0 Å². The first kappa shape index (κ1) is 22.2. The van der Waals surface area contributed by atoms with E-state index in [2.05, 4.69) is 0 Å². The number of ether oxygens (including phenoxy) is 2. The number of hydrogen-bond acceptors (Lipinski definition) is 3. The molecule has 0 spiro atoms. The van der Waals surface area contributed by atoms with Crippen molar-refractivity contribution in [2.24, 2.45) is 17.3 Å². The van der Waals surface area contributed by atoms with E-state index < -0.39 is 40.5 Å². The third kappa shape index (κ3) is 4.98. The van der Waals surface area contributed by atoms with Gasteiger partial charge in [0.2, 0.25) is 0 Å². The normalized spacial score (nSPS) is 21.6. The van der Waals surface area contributed by atoms with Crippen LogP contribution in [0.15, 0.2) is 65.7 Å². The van der Waals surface area contributed by atoms with Crippen molar-refractivity contribution in [3.63, 3.8) is 0 Å². The molecule has 1 aliphatic rings. The molecule has 0 bridgehead atoms. The van der Waals surface area contributed by atoms with Crippen molar-refractivity contribution in [2.45, 2.75) is 33.1 Å². The zero-order valence-electron chi connectivity index (χ0n) is 16.7. The lowest BCUT2D eigenvalue weighted by atomic mass is 10.1. The van der Waals surface area contributed by atoms with Crippen molar-refractivity contribution in [1.29, 1.82) is 0 Å². The second-order valence-corrected chi connectivity index (χ2v) is 8.31. The van der Waals surface area contributed by atoms with E-state index in [9.17, 15) is 18.0 Å². The Bertz CT molecular complexity index is 938. The monoisotopic (exact) mass is 438 g/mol. The fraction of sp³-hybridized carbons (Fsp3) is 0.348. The van der Waals surface area contributed by atoms with Crippen LogP contribution in [-0.4, -0.2) is 12.1 Å². The van der Waals surface area contributed by atoms with Gasteiger partial charge in [-0.2, -0.15) is 13.2 Å². The average molecular weight is 439 g/mol. The predicted molar refractivity (Wildman–Crippen MR) is 108 cm³/mol. The molecule has 0 heterocycles. The van der Waals surface area contributed by atoms with Gasteiger partial charge in [0.15, 0.2) is 0 Å². The molecule has 160 valence electrons. The Hall–Kier alpha value is -2.47. The van der Waals surface area contributed by atoms with Crippen LogP contribution in [0, 0.1) is 17.3 Å². The molecule has 3 atom stereocenters. The number of benzene rings is 2. The SMILES string of the molecule is C[C@H](OC(=O)[C@@H]1[C@H](/C=C(\Cl)C(F)(F)F)C1(C)C)c1cccc(Oc2ccccc2)c1. The number of rotatable bonds is 6. The number of carbonyl (C=O) groups is 1. The molecule has 3 rings (SSSR count). The van der Waals surface area contributed by atoms with Crippen molar-refractivity contribution >= 4 is 17.6 Å². The number of carbonyl (C=O) groups excluding carboxylic acids is 1. The Kier molecular flexibility index (Phi) is 6.18. The zero-order chi connectivity index (χ0) is 22.1. The quantitative estimate of drug-likeness (QED) is 0.454. The minimum atomic E-state index is -4.62. The summed E-state index contributed by atoms with van der Waals surface area (Å²) in [5, 5.41) is -1.21. The van der Waals surface area contributed by atoms with E-state index in [0.29, 0.717) is 11.5 Å². The fourth-order valence-corrected chi connectivity index (χ4v) is 3.60. The van der Waals surface area contributed by atoms with Gasteiger partial charge in [-0.1, -0.05) is 61.9 Å². The molecule has 1 fully saturated rings. The lowest BCUT2D eigenvalue weighted by Gasteiger charge is -2.15. The fourth-order valence-electron chi connectivity index (χ4n) is 3.46. The predicted octanol–water partition coefficient (Wildman–Crippen LogP) is 7.04. The molecular formula is C23H22ClF3O3. The molecule has 0 aliphatic heterocycles. The van der Waals surface area contributed by atoms with Gasteiger partial charge in [-0.25, -0.2) is 0 Å². The lowest BCUT2D eigenvalue weighted by molar-refractivity contribution is -0.151. The van der Waals surface area contributed by atoms with Crippen LogP contribution >= 0.6 is 11.6 Å². The molecule has 0 unspecified atom stereocenters. The lowest BCUT2D eigenvalue weighted by Crippen LogP contribution is -2.14. The topological polar surface area (TPSA) is 35.5 Å². The van der Waals surface area contributed by atoms with Gasteiger partial charge < -0.3 is 9.47 Å². The minimum Gasteiger partial charge on any atom is -0.458 e. The van der Waals surface area contributed by atoms with Crippen molar-refractivity contribution < 1.29 is 27.4 Å². The maximum absolute atomic E-state index is 12.7. The molecule has 3 nitrogen and oxygen atoms in total. The summed E-state index contributed by atoms with van der Waals surface area (Å²) < 4.78 is 49.5. The van der Waals surface area contributed by atoms with Crippen LogP contribution in [0.5, 0.6) is 11.5 Å². The summed E-state index contributed by atoms with van der Waals surface area (Å²) in [6.07, 6.45) is -4.30. The molecule has 2 aromatic rings. The number of hydrogen-bond donors (Lipinski definition) is 0. The summed E-state index contributed by atoms with van der Waals surface area (Å²) in [6, 6.07) is 16.4. The Balaban J connectivity index is 1.67. The van der Waals surface area contributed by atoms with Crippen LogP contribution in [0.25, 0.3) is 0 Å². The molecular weight excluding hydrogens is 417 g/mol. The summed E-state index contributed by atoms with van der Waals surface area (Å²) >= 11 is 5.34. The van der Waals surface area contributed by atoms with Gasteiger partial charge in [-0.05, 0) is 48.1 Å². The summed E-state index contributed by atoms with van der Waals surface area (Å²) in [6.45, 7) is 5.15. The highest BCUT2D eigenvalue weighted by Gasteiger charge is 2.62. The Morgan fingerprint density at radius 3 is 2.37 bits per heavy atom. The smallest absolute Gasteiger partial charge is 0.426 e. The largest absolute Gasteiger partial charge is 0.458 e. The highest BCUT2D eigenvalue weighted by atomic mass is 35.5. The van der Waals surface area contributed by atoms with Crippen molar-refractivity contribution in [1.82, 2.24) is 0 Å². The summed E-state index contributed by atoms with van der Waals surface area (Å²) in [7, 11) is 0. The summed E-state index contributed by atoms with van der Waals surface area (Å²) in [5.41, 5.74) is 0.0659. The van der Waals surface area contributed by atoms with Crippen molar-refractivity contribution in [2.75, 3.05) is 0 Å². The number of allylic oxidation sites excluding steroid dienone is 2. The number of alkyl halides is 3. The Labute approximate surface area is 178 Å². The third-order valence-corrected chi connectivity index (χ3v) is 5.70. The minimum absolute atomic E-state index is 0.547. The van der Waals surface area contributed by atoms with Gasteiger partial charge in [-0.15, -0.1) is 0 Å². The highest BCUT2D eigenvalue weighted by molar-refractivity contribution is 6.30. The maximum atomic E-state index is 12.7. The van der Waals surface area contributed by atoms with E-state index in [1.807, 2.05) is 30.3 Å². The second-order valence-electron chi connectivity index (χ2n) is 7.90. The van der Waals surface area contributed by atoms with Crippen LogP contribution in [0.3, 0.4) is 0 Å². The molecule has 1 aliphatic carbocycles. The molecule has 0 N–H and O–H groups in total. The molecule has 0 saturated heterocycles. The first-order valence-corrected chi connectivity index (χ1v) is 9.86. The molecule has 2 aromatic carbocycles. The Morgan fingerprint density at radius 1 is 1.10 bits per heavy atom. The molecule has 0 aromatic heterocycles. The van der Waals surface area contributed by atoms with Crippen LogP contribution < -0.4 is 4.74 Å². The van der Waals surface area contributed by atoms with E-state index in [1.54, 1.807) is 45.0 Å². The number of para-hydroxylation sites is 1. The van der Waals surface area contributed by atoms with E-state index in [1.165, 1.54) is 0 Å². The first-order chi connectivity index (χ1) is 14.0. The molecule has 1 saturated carbocycles. The third-order valence-electron chi connectivity index (χ3n) is 5.36. The van der Waals surface area contributed by atoms with Crippen LogP contribution in [0.1, 0.15) is 32.4 Å². The molecule has 0 amide bonds. The standard InChI is InChI=1S/C23H22ClF3O3/c1-14(15-8-7-11-17(12-15)30-16-9-5-4-6-10-16)29-21(28)20-18(22(20,2)3)13-19(24)23(25,26)27/h4-14,18,20H,1-3H3/b19-13-/t14-,18-,20-/m0/s1. The first-order valence-electron chi connectivity index (χ1n) is 9.48. The van der Waals surface area contributed by atoms with Crippen molar-refractivity contribution in [3.05, 3.63) is 71.3 Å². The van der Waals surface area contributed by atoms with Crippen LogP contribution in [0.4, 0.5) is 13.2 Å². The van der Waals surface area contributed by atoms with Gasteiger partial charge in [-0.3, -0.25) is 4.79 Å². The zero-order valence-corrected chi connectivity index (χ0v) is 17.5. The Morgan fingerprint density at radius 2 is 1.73 bits per heavy atom. The maximum Gasteiger partial charge on any atom is 0.426 e. The summed E-state index contributed by atoms with van der Waals surface area (Å²) in [5.74, 6) is -0.588. The van der Waals surface area contributed by atoms with E-state index in [0.717, 1.165) is 11.6 Å². The van der Waals surface area contributed by atoms with E-state index in [-0.39, 0.29) is 0 Å². The van der Waals surface area contributed by atoms with E-state index in [4.69, 9.17) is 21.1 Å². The van der Waals surface area contributed by atoms with E-state index >= 15 is 0 Å². The van der Waals surface area contributed by atoms with Gasteiger partial charge >= 0.3 is 12.1 Å². The number of esters is 1. The average Bonchev–Trinajstić information content (AvgIpc) is 3.22. The van der Waals surface area contributed by atoms with Gasteiger partial charge in [0.05, 0.1) is 5.92 Å². The molecule has 30 heavy (non-hydrogen) atoms. The van der Waals surface area contributed by atoms with Crippen LogP contribution in [0.2, 0.25) is 0 Å². The van der Waals surface area contributed by atoms with Crippen LogP contribution in [-0.2, 0) is 9.53 Å². The molecule has 0 radical (unpaired) electrons. The second kappa shape index (κ2) is 8.34.